The summed E-state index contributed by atoms with van der Waals surface area (Å²) >= 11 is 0. The Morgan fingerprint density at radius 2 is 1.94 bits per heavy atom. The van der Waals surface area contributed by atoms with Crippen molar-refractivity contribution in [2.75, 3.05) is 19.0 Å². The van der Waals surface area contributed by atoms with E-state index in [-0.39, 0.29) is 0 Å². The molecule has 3 heterocycles. The lowest BCUT2D eigenvalue weighted by molar-refractivity contribution is 0.768. The van der Waals surface area contributed by atoms with E-state index in [0.717, 1.165) is 16.6 Å². The van der Waals surface area contributed by atoms with Crippen LogP contribution in [0.3, 0.4) is 0 Å². The summed E-state index contributed by atoms with van der Waals surface area (Å²) in [5.74, 6) is 0.691. The van der Waals surface area contributed by atoms with E-state index in [1.165, 1.54) is 0 Å². The summed E-state index contributed by atoms with van der Waals surface area (Å²) in [6.45, 7) is 0. The van der Waals surface area contributed by atoms with Gasteiger partial charge in [-0.15, -0.1) is 5.10 Å². The standard InChI is InChI=1S/C12H14N6/c1-16(2)12-13-6-11-4-9(8-18(11)15-12)10-5-14-17(3)7-10/h4-8H,1-3H3. The van der Waals surface area contributed by atoms with Crippen molar-refractivity contribution in [1.29, 1.82) is 0 Å². The van der Waals surface area contributed by atoms with Crippen LogP contribution in [0.1, 0.15) is 0 Å². The van der Waals surface area contributed by atoms with Crippen LogP contribution in [0, 0.1) is 0 Å². The van der Waals surface area contributed by atoms with Gasteiger partial charge < -0.3 is 4.90 Å². The zero-order valence-electron chi connectivity index (χ0n) is 10.6. The second kappa shape index (κ2) is 3.83. The molecule has 92 valence electrons. The van der Waals surface area contributed by atoms with Crippen molar-refractivity contribution in [3.05, 3.63) is 30.9 Å². The Morgan fingerprint density at radius 3 is 2.61 bits per heavy atom. The Balaban J connectivity index is 2.11. The average molecular weight is 242 g/mol. The lowest BCUT2D eigenvalue weighted by atomic mass is 10.2. The van der Waals surface area contributed by atoms with Crippen LogP contribution in [0.4, 0.5) is 5.95 Å². The van der Waals surface area contributed by atoms with Crippen LogP contribution in [0.15, 0.2) is 30.9 Å². The molecule has 0 saturated carbocycles. The number of anilines is 1. The quantitative estimate of drug-likeness (QED) is 0.677. The molecular formula is C12H14N6. The van der Waals surface area contributed by atoms with Crippen molar-refractivity contribution in [3.63, 3.8) is 0 Å². The molecule has 0 spiro atoms. The summed E-state index contributed by atoms with van der Waals surface area (Å²) in [5, 5.41) is 8.60. The van der Waals surface area contributed by atoms with Gasteiger partial charge in [-0.2, -0.15) is 5.10 Å². The van der Waals surface area contributed by atoms with E-state index < -0.39 is 0 Å². The molecule has 0 aliphatic rings. The number of hydrogen-bond acceptors (Lipinski definition) is 4. The Kier molecular flexibility index (Phi) is 2.29. The minimum absolute atomic E-state index is 0.691. The molecular weight excluding hydrogens is 228 g/mol. The monoisotopic (exact) mass is 242 g/mol. The van der Waals surface area contributed by atoms with E-state index in [1.54, 1.807) is 4.68 Å². The van der Waals surface area contributed by atoms with Crippen molar-refractivity contribution >= 4 is 11.5 Å². The first-order valence-corrected chi connectivity index (χ1v) is 5.65. The van der Waals surface area contributed by atoms with E-state index in [0.29, 0.717) is 5.95 Å². The third-order valence-corrected chi connectivity index (χ3v) is 2.78. The predicted molar refractivity (Wildman–Crippen MR) is 69.5 cm³/mol. The van der Waals surface area contributed by atoms with Crippen LogP contribution in [0.2, 0.25) is 0 Å². The second-order valence-corrected chi connectivity index (χ2v) is 4.45. The normalized spacial score (nSPS) is 11.1. The molecule has 0 aliphatic heterocycles. The Morgan fingerprint density at radius 1 is 1.11 bits per heavy atom. The van der Waals surface area contributed by atoms with E-state index in [4.69, 9.17) is 0 Å². The number of hydrogen-bond donors (Lipinski definition) is 0. The van der Waals surface area contributed by atoms with Gasteiger partial charge in [0.1, 0.15) is 0 Å². The van der Waals surface area contributed by atoms with Crippen LogP contribution in [-0.2, 0) is 7.05 Å². The van der Waals surface area contributed by atoms with Crippen LogP contribution in [-0.4, -0.2) is 38.5 Å². The maximum Gasteiger partial charge on any atom is 0.243 e. The largest absolute Gasteiger partial charge is 0.346 e. The number of fused-ring (bicyclic) bond motifs is 1. The molecule has 0 saturated heterocycles. The highest BCUT2D eigenvalue weighted by Crippen LogP contribution is 2.21. The van der Waals surface area contributed by atoms with Crippen LogP contribution in [0.5, 0.6) is 0 Å². The average Bonchev–Trinajstić information content (AvgIpc) is 2.93. The molecule has 0 fully saturated rings. The van der Waals surface area contributed by atoms with Crippen molar-refractivity contribution < 1.29 is 0 Å². The third kappa shape index (κ3) is 1.71. The molecule has 0 N–H and O–H groups in total. The maximum absolute atomic E-state index is 4.43. The number of aryl methyl sites for hydroxylation is 1. The second-order valence-electron chi connectivity index (χ2n) is 4.45. The van der Waals surface area contributed by atoms with Crippen LogP contribution in [0.25, 0.3) is 16.6 Å². The molecule has 6 heteroatoms. The zero-order chi connectivity index (χ0) is 12.7. The first kappa shape index (κ1) is 10.8. The predicted octanol–water partition coefficient (Wildman–Crippen LogP) is 1.20. The van der Waals surface area contributed by atoms with Crippen LogP contribution < -0.4 is 4.90 Å². The molecule has 0 amide bonds. The first-order valence-electron chi connectivity index (χ1n) is 5.65. The van der Waals surface area contributed by atoms with Crippen LogP contribution >= 0.6 is 0 Å². The molecule has 18 heavy (non-hydrogen) atoms. The van der Waals surface area contributed by atoms with Crippen molar-refractivity contribution in [2.24, 2.45) is 7.05 Å². The Bertz CT molecular complexity index is 693. The molecule has 3 aromatic heterocycles. The minimum Gasteiger partial charge on any atom is -0.346 e. The zero-order valence-corrected chi connectivity index (χ0v) is 10.6. The summed E-state index contributed by atoms with van der Waals surface area (Å²) in [5.41, 5.74) is 3.14. The van der Waals surface area contributed by atoms with E-state index >= 15 is 0 Å². The van der Waals surface area contributed by atoms with Gasteiger partial charge in [-0.05, 0) is 6.07 Å². The van der Waals surface area contributed by atoms with Gasteiger partial charge in [-0.3, -0.25) is 4.68 Å². The van der Waals surface area contributed by atoms with Gasteiger partial charge in [-0.25, -0.2) is 9.50 Å². The van der Waals surface area contributed by atoms with E-state index in [2.05, 4.69) is 21.2 Å². The SMILES string of the molecule is CN(C)c1ncc2cc(-c3cnn(C)c3)cn2n1. The van der Waals surface area contributed by atoms with Gasteiger partial charge in [0.2, 0.25) is 5.95 Å². The molecule has 0 atom stereocenters. The Hall–Kier alpha value is -2.37. The van der Waals surface area contributed by atoms with Gasteiger partial charge in [0, 0.05) is 44.7 Å². The molecule has 0 bridgehead atoms. The number of rotatable bonds is 2. The summed E-state index contributed by atoms with van der Waals surface area (Å²) < 4.78 is 3.62. The molecule has 6 nitrogen and oxygen atoms in total. The van der Waals surface area contributed by atoms with Gasteiger partial charge in [-0.1, -0.05) is 0 Å². The smallest absolute Gasteiger partial charge is 0.243 e. The number of nitrogens with zero attached hydrogens (tertiary/aromatic N) is 6. The maximum atomic E-state index is 4.43. The highest BCUT2D eigenvalue weighted by atomic mass is 15.3. The first-order chi connectivity index (χ1) is 8.63. The molecule has 0 radical (unpaired) electrons. The van der Waals surface area contributed by atoms with Gasteiger partial charge >= 0.3 is 0 Å². The highest BCUT2D eigenvalue weighted by Gasteiger charge is 2.07. The van der Waals surface area contributed by atoms with Gasteiger partial charge in [0.25, 0.3) is 0 Å². The van der Waals surface area contributed by atoms with E-state index in [9.17, 15) is 0 Å². The molecule has 0 aromatic carbocycles. The fourth-order valence-corrected chi connectivity index (χ4v) is 1.83. The van der Waals surface area contributed by atoms with Gasteiger partial charge in [0.15, 0.2) is 0 Å². The summed E-state index contributed by atoms with van der Waals surface area (Å²) in [4.78, 5) is 6.17. The highest BCUT2D eigenvalue weighted by molar-refractivity contribution is 5.68. The summed E-state index contributed by atoms with van der Waals surface area (Å²) in [6.07, 6.45) is 7.63. The topological polar surface area (TPSA) is 51.2 Å². The summed E-state index contributed by atoms with van der Waals surface area (Å²) in [7, 11) is 5.75. The molecule has 3 rings (SSSR count). The molecule has 0 unspecified atom stereocenters. The van der Waals surface area contributed by atoms with Crippen molar-refractivity contribution in [2.45, 2.75) is 0 Å². The number of aromatic nitrogens is 5. The fourth-order valence-electron chi connectivity index (χ4n) is 1.83. The fraction of sp³-hybridized carbons (Fsp3) is 0.250. The van der Waals surface area contributed by atoms with Crippen molar-refractivity contribution in [1.82, 2.24) is 24.4 Å². The minimum atomic E-state index is 0.691. The lowest BCUT2D eigenvalue weighted by Crippen LogP contribution is -2.13. The summed E-state index contributed by atoms with van der Waals surface area (Å²) in [6, 6.07) is 2.05. The lowest BCUT2D eigenvalue weighted by Gasteiger charge is -2.08. The van der Waals surface area contributed by atoms with Gasteiger partial charge in [0.05, 0.1) is 17.9 Å². The van der Waals surface area contributed by atoms with E-state index in [1.807, 2.05) is 55.3 Å². The third-order valence-electron chi connectivity index (χ3n) is 2.78. The van der Waals surface area contributed by atoms with Crippen molar-refractivity contribution in [3.8, 4) is 11.1 Å². The Labute approximate surface area is 104 Å². The molecule has 0 aliphatic carbocycles. The molecule has 3 aromatic rings.